The highest BCUT2D eigenvalue weighted by Gasteiger charge is 2.21. The molecule has 2 aromatic rings. The Bertz CT molecular complexity index is 925. The summed E-state index contributed by atoms with van der Waals surface area (Å²) in [5.74, 6) is 0. The fourth-order valence-corrected chi connectivity index (χ4v) is 4.92. The Morgan fingerprint density at radius 3 is 2.55 bits per heavy atom. The van der Waals surface area contributed by atoms with Crippen LogP contribution in [0.15, 0.2) is 37.1 Å². The molecule has 0 radical (unpaired) electrons. The zero-order valence-corrected chi connectivity index (χ0v) is 18.4. The Labute approximate surface area is 180 Å². The first-order chi connectivity index (χ1) is 14.1. The van der Waals surface area contributed by atoms with Crippen molar-refractivity contribution in [3.05, 3.63) is 58.9 Å². The van der Waals surface area contributed by atoms with Gasteiger partial charge < -0.3 is 9.80 Å². The van der Waals surface area contributed by atoms with Crippen LogP contribution in [0.25, 0.3) is 16.6 Å². The van der Waals surface area contributed by atoms with Gasteiger partial charge in [-0.3, -0.25) is 4.98 Å². The molecule has 3 nitrogen and oxygen atoms in total. The van der Waals surface area contributed by atoms with E-state index in [1.165, 1.54) is 42.6 Å². The number of nitrogens with zero attached hydrogens (tertiary/aromatic N) is 3. The van der Waals surface area contributed by atoms with Gasteiger partial charge in [-0.1, -0.05) is 50.2 Å². The van der Waals surface area contributed by atoms with Crippen LogP contribution in [0.5, 0.6) is 0 Å². The van der Waals surface area contributed by atoms with Crippen LogP contribution in [0.2, 0.25) is 5.02 Å². The Morgan fingerprint density at radius 1 is 1.07 bits per heavy atom. The Balaban J connectivity index is 1.49. The number of hydrogen-bond acceptors (Lipinski definition) is 3. The van der Waals surface area contributed by atoms with E-state index in [2.05, 4.69) is 48.1 Å². The maximum Gasteiger partial charge on any atom is 0.0727 e. The first kappa shape index (κ1) is 20.3. The highest BCUT2D eigenvalue weighted by molar-refractivity contribution is 6.36. The van der Waals surface area contributed by atoms with Crippen LogP contribution in [0.4, 0.5) is 0 Å². The molecule has 4 rings (SSSR count). The zero-order valence-electron chi connectivity index (χ0n) is 17.6. The number of aromatic nitrogens is 1. The van der Waals surface area contributed by atoms with Crippen LogP contribution in [0.3, 0.4) is 0 Å². The number of hydrogen-bond donors (Lipinski definition) is 0. The quantitative estimate of drug-likeness (QED) is 0.578. The standard InChI is InChI=1S/C25H32ClN3/c1-4-5-8-18(2)28-13-15-29(16-14-28)19(3)20-11-12-22-24(17-20)27-23-10-7-6-9-21(23)25(22)26/h11-12,17H,2-10,13-16H2,1H3. The van der Waals surface area contributed by atoms with Crippen molar-refractivity contribution in [3.8, 4) is 0 Å². The summed E-state index contributed by atoms with van der Waals surface area (Å²) in [5.41, 5.74) is 6.97. The molecule has 0 amide bonds. The van der Waals surface area contributed by atoms with E-state index >= 15 is 0 Å². The maximum atomic E-state index is 6.74. The lowest BCUT2D eigenvalue weighted by Crippen LogP contribution is -2.44. The molecule has 2 heterocycles. The predicted octanol–water partition coefficient (Wildman–Crippen LogP) is 6.06. The fourth-order valence-electron chi connectivity index (χ4n) is 4.56. The van der Waals surface area contributed by atoms with Crippen LogP contribution >= 0.6 is 11.6 Å². The van der Waals surface area contributed by atoms with Crippen molar-refractivity contribution in [1.82, 2.24) is 14.8 Å². The van der Waals surface area contributed by atoms with Gasteiger partial charge in [-0.2, -0.15) is 0 Å². The number of allylic oxidation sites excluding steroid dienone is 1. The van der Waals surface area contributed by atoms with E-state index in [0.29, 0.717) is 0 Å². The van der Waals surface area contributed by atoms with Gasteiger partial charge in [-0.05, 0) is 55.7 Å². The van der Waals surface area contributed by atoms with Crippen LogP contribution in [0, 0.1) is 0 Å². The summed E-state index contributed by atoms with van der Waals surface area (Å²) in [4.78, 5) is 9.80. The topological polar surface area (TPSA) is 19.4 Å². The average Bonchev–Trinajstić information content (AvgIpc) is 2.77. The Kier molecular flexibility index (Phi) is 6.15. The lowest BCUT2D eigenvalue weighted by atomic mass is 9.94. The SMILES string of the molecule is C=C(CCCC)N1CCN(C(=C)c2ccc3c(Cl)c4c(nc3c2)CCCC4)CC1. The summed E-state index contributed by atoms with van der Waals surface area (Å²) >= 11 is 6.74. The van der Waals surface area contributed by atoms with Crippen molar-refractivity contribution in [2.45, 2.75) is 51.9 Å². The molecule has 0 atom stereocenters. The minimum absolute atomic E-state index is 0.904. The molecule has 29 heavy (non-hydrogen) atoms. The number of fused-ring (bicyclic) bond motifs is 2. The molecule has 154 valence electrons. The summed E-state index contributed by atoms with van der Waals surface area (Å²) in [6.07, 6.45) is 8.08. The van der Waals surface area contributed by atoms with Gasteiger partial charge in [-0.15, -0.1) is 0 Å². The van der Waals surface area contributed by atoms with Crippen LogP contribution in [-0.2, 0) is 12.8 Å². The average molecular weight is 410 g/mol. The summed E-state index contributed by atoms with van der Waals surface area (Å²) in [7, 11) is 0. The zero-order chi connectivity index (χ0) is 20.4. The van der Waals surface area contributed by atoms with Gasteiger partial charge in [0.05, 0.1) is 10.5 Å². The number of pyridine rings is 1. The van der Waals surface area contributed by atoms with Crippen LogP contribution in [-0.4, -0.2) is 41.0 Å². The first-order valence-corrected chi connectivity index (χ1v) is 11.4. The smallest absolute Gasteiger partial charge is 0.0727 e. The lowest BCUT2D eigenvalue weighted by Gasteiger charge is -2.39. The first-order valence-electron chi connectivity index (χ1n) is 11.1. The fraction of sp³-hybridized carbons (Fsp3) is 0.480. The largest absolute Gasteiger partial charge is 0.372 e. The van der Waals surface area contributed by atoms with Gasteiger partial charge in [0.2, 0.25) is 0 Å². The molecule has 0 unspecified atom stereocenters. The maximum absolute atomic E-state index is 6.74. The molecule has 1 fully saturated rings. The van der Waals surface area contributed by atoms with Gasteiger partial charge in [0.15, 0.2) is 0 Å². The van der Waals surface area contributed by atoms with Gasteiger partial charge in [0, 0.05) is 48.7 Å². The molecule has 0 N–H and O–H groups in total. The molecule has 0 spiro atoms. The summed E-state index contributed by atoms with van der Waals surface area (Å²) < 4.78 is 0. The number of rotatable bonds is 6. The molecular formula is C25H32ClN3. The second kappa shape index (κ2) is 8.79. The monoisotopic (exact) mass is 409 g/mol. The van der Waals surface area contributed by atoms with Crippen molar-refractivity contribution < 1.29 is 0 Å². The van der Waals surface area contributed by atoms with Gasteiger partial charge in [0.25, 0.3) is 0 Å². The lowest BCUT2D eigenvalue weighted by molar-refractivity contribution is 0.209. The van der Waals surface area contributed by atoms with Crippen molar-refractivity contribution in [2.75, 3.05) is 26.2 Å². The molecule has 1 aromatic heterocycles. The van der Waals surface area contributed by atoms with Crippen LogP contribution < -0.4 is 0 Å². The molecule has 1 saturated heterocycles. The predicted molar refractivity (Wildman–Crippen MR) is 124 cm³/mol. The summed E-state index contributed by atoms with van der Waals surface area (Å²) in [6, 6.07) is 6.45. The van der Waals surface area contributed by atoms with Gasteiger partial charge >= 0.3 is 0 Å². The molecule has 1 aromatic carbocycles. The van der Waals surface area contributed by atoms with E-state index < -0.39 is 0 Å². The van der Waals surface area contributed by atoms with E-state index in [9.17, 15) is 0 Å². The minimum atomic E-state index is 0.904. The van der Waals surface area contributed by atoms with Gasteiger partial charge in [0.1, 0.15) is 0 Å². The summed E-state index contributed by atoms with van der Waals surface area (Å²) in [5, 5.41) is 1.97. The van der Waals surface area contributed by atoms with Gasteiger partial charge in [-0.25, -0.2) is 0 Å². The van der Waals surface area contributed by atoms with E-state index in [0.717, 1.165) is 72.6 Å². The number of aryl methyl sites for hydroxylation is 1. The van der Waals surface area contributed by atoms with Crippen molar-refractivity contribution in [3.63, 3.8) is 0 Å². The highest BCUT2D eigenvalue weighted by atomic mass is 35.5. The van der Waals surface area contributed by atoms with Crippen molar-refractivity contribution in [2.24, 2.45) is 0 Å². The third-order valence-corrected chi connectivity index (χ3v) is 6.89. The number of unbranched alkanes of at least 4 members (excludes halogenated alkanes) is 1. The normalized spacial score (nSPS) is 16.8. The van der Waals surface area contributed by atoms with Crippen molar-refractivity contribution >= 4 is 28.2 Å². The molecule has 0 saturated carbocycles. The number of halogens is 1. The second-order valence-corrected chi connectivity index (χ2v) is 8.76. The third-order valence-electron chi connectivity index (χ3n) is 6.45. The molecule has 4 heteroatoms. The van der Waals surface area contributed by atoms with E-state index in [1.54, 1.807) is 0 Å². The minimum Gasteiger partial charge on any atom is -0.372 e. The van der Waals surface area contributed by atoms with Crippen LogP contribution in [0.1, 0.15) is 55.8 Å². The number of benzene rings is 1. The third kappa shape index (κ3) is 4.16. The number of piperazine rings is 1. The van der Waals surface area contributed by atoms with E-state index in [4.69, 9.17) is 16.6 Å². The molecule has 1 aliphatic heterocycles. The molecular weight excluding hydrogens is 378 g/mol. The second-order valence-electron chi connectivity index (χ2n) is 8.38. The van der Waals surface area contributed by atoms with E-state index in [1.807, 2.05) is 0 Å². The van der Waals surface area contributed by atoms with E-state index in [-0.39, 0.29) is 0 Å². The molecule has 1 aliphatic carbocycles. The highest BCUT2D eigenvalue weighted by Crippen LogP contribution is 2.34. The Morgan fingerprint density at radius 2 is 1.79 bits per heavy atom. The molecule has 0 bridgehead atoms. The van der Waals surface area contributed by atoms with Crippen molar-refractivity contribution in [1.29, 1.82) is 0 Å². The Hall–Kier alpha value is -2.00. The molecule has 2 aliphatic rings. The summed E-state index contributed by atoms with van der Waals surface area (Å²) in [6.45, 7) is 14.9.